The van der Waals surface area contributed by atoms with Crippen molar-refractivity contribution in [2.75, 3.05) is 4.98 Å². The number of hydrogen-bond acceptors (Lipinski definition) is 2. The first-order chi connectivity index (χ1) is 9.89. The second-order valence-electron chi connectivity index (χ2n) is 6.90. The van der Waals surface area contributed by atoms with Crippen molar-refractivity contribution in [3.63, 3.8) is 0 Å². The van der Waals surface area contributed by atoms with Crippen LogP contribution in [0.1, 0.15) is 41.5 Å². The van der Waals surface area contributed by atoms with Crippen molar-refractivity contribution < 1.29 is 0 Å². The molecule has 0 amide bonds. The molecule has 1 aromatic carbocycles. The summed E-state index contributed by atoms with van der Waals surface area (Å²) in [5, 5.41) is 1.21. The van der Waals surface area contributed by atoms with E-state index in [2.05, 4.69) is 75.8 Å². The van der Waals surface area contributed by atoms with Gasteiger partial charge in [-0.05, 0) is 28.8 Å². The lowest BCUT2D eigenvalue weighted by molar-refractivity contribution is 0.821. The van der Waals surface area contributed by atoms with Gasteiger partial charge in [-0.3, -0.25) is 4.98 Å². The van der Waals surface area contributed by atoms with Crippen LogP contribution in [0.2, 0.25) is 16.6 Å². The largest absolute Gasteiger partial charge is 0.408 e. The molecule has 0 aliphatic rings. The van der Waals surface area contributed by atoms with E-state index in [4.69, 9.17) is 0 Å². The zero-order valence-corrected chi connectivity index (χ0v) is 15.1. The molecule has 2 aromatic rings. The third-order valence-electron chi connectivity index (χ3n) is 4.85. The molecule has 0 aliphatic carbocycles. The number of anilines is 1. The number of pyridine rings is 1. The maximum Gasteiger partial charge on any atom is 0.161 e. The van der Waals surface area contributed by atoms with E-state index < -0.39 is 8.24 Å². The SMILES string of the molecule is CC(C)[Si](Nc1cccc2cccnc12)(C(C)C)C(C)C. The average molecular weight is 301 g/mol. The maximum absolute atomic E-state index is 4.60. The number of fused-ring (bicyclic) bond motifs is 1. The van der Waals surface area contributed by atoms with Crippen molar-refractivity contribution in [3.05, 3.63) is 36.5 Å². The summed E-state index contributed by atoms with van der Waals surface area (Å²) < 4.78 is 0. The van der Waals surface area contributed by atoms with Gasteiger partial charge in [0.25, 0.3) is 0 Å². The van der Waals surface area contributed by atoms with Gasteiger partial charge < -0.3 is 4.98 Å². The molecule has 21 heavy (non-hydrogen) atoms. The normalized spacial score (nSPS) is 12.6. The molecule has 0 spiro atoms. The number of rotatable bonds is 5. The molecule has 0 bridgehead atoms. The molecule has 1 N–H and O–H groups in total. The minimum absolute atomic E-state index is 0.677. The first kappa shape index (κ1) is 16.0. The summed E-state index contributed by atoms with van der Waals surface area (Å²) >= 11 is 0. The highest BCUT2D eigenvalue weighted by Crippen LogP contribution is 2.42. The molecular weight excluding hydrogens is 272 g/mol. The molecule has 0 saturated carbocycles. The first-order valence-electron chi connectivity index (χ1n) is 8.01. The van der Waals surface area contributed by atoms with Crippen LogP contribution in [0.15, 0.2) is 36.5 Å². The van der Waals surface area contributed by atoms with Crippen LogP contribution in [0.4, 0.5) is 5.69 Å². The Kier molecular flexibility index (Phi) is 4.72. The van der Waals surface area contributed by atoms with Crippen LogP contribution >= 0.6 is 0 Å². The molecule has 0 saturated heterocycles. The Balaban J connectivity index is 2.54. The van der Waals surface area contributed by atoms with Crippen molar-refractivity contribution in [2.24, 2.45) is 0 Å². The average Bonchev–Trinajstić information content (AvgIpc) is 2.43. The Hall–Kier alpha value is -1.35. The van der Waals surface area contributed by atoms with E-state index in [9.17, 15) is 0 Å². The van der Waals surface area contributed by atoms with E-state index in [1.54, 1.807) is 0 Å². The summed E-state index contributed by atoms with van der Waals surface area (Å²) in [5.41, 5.74) is 4.33. The Morgan fingerprint density at radius 1 is 0.857 bits per heavy atom. The standard InChI is InChI=1S/C18H28N2Si/c1-13(2)21(14(3)4,15(5)6)20-17-11-7-9-16-10-8-12-19-18(16)17/h7-15,20H,1-6H3. The molecule has 2 nitrogen and oxygen atoms in total. The minimum atomic E-state index is -1.68. The predicted molar refractivity (Wildman–Crippen MR) is 96.4 cm³/mol. The van der Waals surface area contributed by atoms with E-state index in [-0.39, 0.29) is 0 Å². The van der Waals surface area contributed by atoms with Crippen molar-refractivity contribution in [3.8, 4) is 0 Å². The van der Waals surface area contributed by atoms with E-state index in [1.807, 2.05) is 12.3 Å². The highest BCUT2D eigenvalue weighted by molar-refractivity contribution is 6.86. The lowest BCUT2D eigenvalue weighted by Gasteiger charge is -2.44. The molecule has 0 unspecified atom stereocenters. The van der Waals surface area contributed by atoms with E-state index in [0.29, 0.717) is 16.6 Å². The van der Waals surface area contributed by atoms with Gasteiger partial charge in [0.05, 0.1) is 11.2 Å². The van der Waals surface area contributed by atoms with Gasteiger partial charge in [0.15, 0.2) is 8.24 Å². The summed E-state index contributed by atoms with van der Waals surface area (Å²) in [6, 6.07) is 10.6. The molecule has 0 radical (unpaired) electrons. The van der Waals surface area contributed by atoms with Crippen LogP contribution in [0.3, 0.4) is 0 Å². The van der Waals surface area contributed by atoms with Crippen molar-refractivity contribution in [2.45, 2.75) is 58.2 Å². The summed E-state index contributed by atoms with van der Waals surface area (Å²) in [5.74, 6) is 0. The van der Waals surface area contributed by atoms with Crippen LogP contribution in [0.25, 0.3) is 10.9 Å². The summed E-state index contributed by atoms with van der Waals surface area (Å²) in [6.45, 7) is 14.2. The smallest absolute Gasteiger partial charge is 0.161 e. The number of nitrogens with zero attached hydrogens (tertiary/aromatic N) is 1. The number of para-hydroxylation sites is 1. The Bertz CT molecular complexity index is 578. The highest BCUT2D eigenvalue weighted by Gasteiger charge is 2.43. The summed E-state index contributed by atoms with van der Waals surface area (Å²) in [7, 11) is -1.68. The number of nitrogens with one attached hydrogen (secondary N) is 1. The topological polar surface area (TPSA) is 24.9 Å². The van der Waals surface area contributed by atoms with Gasteiger partial charge in [-0.15, -0.1) is 0 Å². The quantitative estimate of drug-likeness (QED) is 0.703. The number of aromatic nitrogens is 1. The summed E-state index contributed by atoms with van der Waals surface area (Å²) in [4.78, 5) is 8.61. The van der Waals surface area contributed by atoms with E-state index in [0.717, 1.165) is 5.52 Å². The van der Waals surface area contributed by atoms with Crippen LogP contribution in [0, 0.1) is 0 Å². The molecule has 1 aromatic heterocycles. The monoisotopic (exact) mass is 300 g/mol. The minimum Gasteiger partial charge on any atom is -0.408 e. The predicted octanol–water partition coefficient (Wildman–Crippen LogP) is 5.82. The van der Waals surface area contributed by atoms with Crippen LogP contribution in [0.5, 0.6) is 0 Å². The second-order valence-corrected chi connectivity index (χ2v) is 12.5. The van der Waals surface area contributed by atoms with Gasteiger partial charge in [-0.2, -0.15) is 0 Å². The molecule has 0 atom stereocenters. The maximum atomic E-state index is 4.60. The molecule has 3 heteroatoms. The van der Waals surface area contributed by atoms with E-state index >= 15 is 0 Å². The first-order valence-corrected chi connectivity index (χ1v) is 10.2. The fraction of sp³-hybridized carbons (Fsp3) is 0.500. The van der Waals surface area contributed by atoms with Gasteiger partial charge >= 0.3 is 0 Å². The third kappa shape index (κ3) is 2.84. The van der Waals surface area contributed by atoms with Crippen molar-refractivity contribution in [1.29, 1.82) is 0 Å². The molecular formula is C18H28N2Si. The fourth-order valence-electron chi connectivity index (χ4n) is 3.87. The Labute approximate surface area is 130 Å². The lowest BCUT2D eigenvalue weighted by atomic mass is 10.2. The summed E-state index contributed by atoms with van der Waals surface area (Å²) in [6.07, 6.45) is 1.89. The van der Waals surface area contributed by atoms with Gasteiger partial charge in [0.1, 0.15) is 0 Å². The second kappa shape index (κ2) is 6.18. The van der Waals surface area contributed by atoms with Crippen molar-refractivity contribution >= 4 is 24.8 Å². The van der Waals surface area contributed by atoms with Gasteiger partial charge in [0.2, 0.25) is 0 Å². The highest BCUT2D eigenvalue weighted by atomic mass is 28.3. The van der Waals surface area contributed by atoms with E-state index in [1.165, 1.54) is 11.1 Å². The Morgan fingerprint density at radius 2 is 1.43 bits per heavy atom. The zero-order valence-electron chi connectivity index (χ0n) is 14.1. The fourth-order valence-corrected chi connectivity index (χ4v) is 9.41. The molecule has 2 rings (SSSR count). The zero-order chi connectivity index (χ0) is 15.6. The molecule has 114 valence electrons. The number of benzene rings is 1. The molecule has 0 fully saturated rings. The van der Waals surface area contributed by atoms with Crippen molar-refractivity contribution in [1.82, 2.24) is 4.98 Å². The van der Waals surface area contributed by atoms with Crippen LogP contribution in [-0.4, -0.2) is 13.2 Å². The van der Waals surface area contributed by atoms with Crippen LogP contribution in [-0.2, 0) is 0 Å². The Morgan fingerprint density at radius 3 is 2.00 bits per heavy atom. The molecule has 1 heterocycles. The van der Waals surface area contributed by atoms with Gasteiger partial charge in [-0.25, -0.2) is 0 Å². The van der Waals surface area contributed by atoms with Gasteiger partial charge in [-0.1, -0.05) is 59.7 Å². The number of hydrogen-bond donors (Lipinski definition) is 1. The molecule has 0 aliphatic heterocycles. The van der Waals surface area contributed by atoms with Gasteiger partial charge in [0, 0.05) is 11.6 Å². The lowest BCUT2D eigenvalue weighted by Crippen LogP contribution is -2.52. The van der Waals surface area contributed by atoms with Crippen LogP contribution < -0.4 is 4.98 Å². The third-order valence-corrected chi connectivity index (χ3v) is 11.3.